The Bertz CT molecular complexity index is 999. The average molecular weight is 440 g/mol. The maximum absolute atomic E-state index is 12.8. The van der Waals surface area contributed by atoms with Gasteiger partial charge in [-0.3, -0.25) is 4.79 Å². The highest BCUT2D eigenvalue weighted by Crippen LogP contribution is 2.52. The van der Waals surface area contributed by atoms with Crippen LogP contribution in [-0.4, -0.2) is 25.5 Å². The molecule has 4 rings (SSSR count). The second kappa shape index (κ2) is 9.41. The van der Waals surface area contributed by atoms with Crippen molar-refractivity contribution >= 4 is 18.2 Å². The zero-order valence-electron chi connectivity index (χ0n) is 17.8. The highest BCUT2D eigenvalue weighted by Gasteiger charge is 2.47. The third kappa shape index (κ3) is 4.24. The fourth-order valence-electron chi connectivity index (χ4n) is 3.57. The maximum atomic E-state index is 12.8. The van der Waals surface area contributed by atoms with Crippen LogP contribution in [0, 0.1) is 0 Å². The Labute approximate surface area is 188 Å². The van der Waals surface area contributed by atoms with Gasteiger partial charge in [-0.1, -0.05) is 74.5 Å². The molecule has 6 heteroatoms. The lowest BCUT2D eigenvalue weighted by molar-refractivity contribution is -0.0467. The fraction of sp³-hybridized carbons (Fsp3) is 0.240. The summed E-state index contributed by atoms with van der Waals surface area (Å²) in [6, 6.07) is 23.2. The van der Waals surface area contributed by atoms with E-state index in [-0.39, 0.29) is 30.8 Å². The summed E-state index contributed by atoms with van der Waals surface area (Å²) in [7, 11) is 1.54. The van der Waals surface area contributed by atoms with E-state index < -0.39 is 5.79 Å². The highest BCUT2D eigenvalue weighted by molar-refractivity contribution is 6.01. The minimum atomic E-state index is -1.16. The lowest BCUT2D eigenvalue weighted by Crippen LogP contribution is -2.36. The zero-order chi connectivity index (χ0) is 21.1. The Morgan fingerprint density at radius 2 is 1.52 bits per heavy atom. The third-order valence-corrected chi connectivity index (χ3v) is 5.06. The molecule has 3 aromatic rings. The molecule has 31 heavy (non-hydrogen) atoms. The Morgan fingerprint density at radius 1 is 0.935 bits per heavy atom. The number of carbonyl (C=O) groups excluding carboxylic acids is 1. The molecule has 0 saturated heterocycles. The van der Waals surface area contributed by atoms with Crippen LogP contribution in [0.4, 0.5) is 0 Å². The monoisotopic (exact) mass is 439 g/mol. The standard InChI is InChI=1S/C25H25NO4.ClH/c1-17(2)26-16-21(27)20-14-15-22-24(23(20)28-3)30-25(29-22,18-10-6-4-7-11-18)19-12-8-5-9-13-19;/h4-15,17,26H,16H2,1-3H3;1H. The number of methoxy groups -OCH3 is 1. The smallest absolute Gasteiger partial charge is 0.305 e. The van der Waals surface area contributed by atoms with Gasteiger partial charge in [-0.05, 0) is 12.1 Å². The summed E-state index contributed by atoms with van der Waals surface area (Å²) >= 11 is 0. The summed E-state index contributed by atoms with van der Waals surface area (Å²) < 4.78 is 18.5. The van der Waals surface area contributed by atoms with Gasteiger partial charge in [0.15, 0.2) is 17.3 Å². The first-order valence-electron chi connectivity index (χ1n) is 10.0. The lowest BCUT2D eigenvalue weighted by Gasteiger charge is -2.28. The van der Waals surface area contributed by atoms with E-state index in [1.165, 1.54) is 7.11 Å². The second-order valence-electron chi connectivity index (χ2n) is 7.49. The first-order chi connectivity index (χ1) is 14.5. The molecular formula is C25H26ClNO4. The molecule has 1 N–H and O–H groups in total. The van der Waals surface area contributed by atoms with Gasteiger partial charge in [0, 0.05) is 17.2 Å². The SMILES string of the molecule is COc1c(C(=O)CNC(C)C)ccc2c1OC(c1ccccc1)(c1ccccc1)O2.Cl. The van der Waals surface area contributed by atoms with Crippen molar-refractivity contribution in [3.63, 3.8) is 0 Å². The van der Waals surface area contributed by atoms with E-state index in [2.05, 4.69) is 5.32 Å². The summed E-state index contributed by atoms with van der Waals surface area (Å²) in [4.78, 5) is 12.8. The minimum Gasteiger partial charge on any atom is -0.492 e. The topological polar surface area (TPSA) is 56.8 Å². The quantitative estimate of drug-likeness (QED) is 0.527. The molecule has 1 aliphatic rings. The molecule has 0 saturated carbocycles. The van der Waals surface area contributed by atoms with E-state index in [1.807, 2.05) is 74.5 Å². The molecule has 0 spiro atoms. The van der Waals surface area contributed by atoms with Gasteiger partial charge in [-0.25, -0.2) is 0 Å². The molecule has 0 radical (unpaired) electrons. The van der Waals surface area contributed by atoms with Crippen LogP contribution in [-0.2, 0) is 5.79 Å². The molecule has 5 nitrogen and oxygen atoms in total. The molecule has 0 amide bonds. The molecule has 0 bridgehead atoms. The van der Waals surface area contributed by atoms with Gasteiger partial charge in [0.2, 0.25) is 5.75 Å². The third-order valence-electron chi connectivity index (χ3n) is 5.06. The molecule has 3 aromatic carbocycles. The van der Waals surface area contributed by atoms with Crippen molar-refractivity contribution in [2.75, 3.05) is 13.7 Å². The van der Waals surface area contributed by atoms with Gasteiger partial charge >= 0.3 is 5.79 Å². The first kappa shape index (κ1) is 22.7. The average Bonchev–Trinajstić information content (AvgIpc) is 3.19. The Balaban J connectivity index is 0.00000272. The van der Waals surface area contributed by atoms with Crippen molar-refractivity contribution in [2.24, 2.45) is 0 Å². The van der Waals surface area contributed by atoms with Crippen molar-refractivity contribution in [3.05, 3.63) is 89.5 Å². The summed E-state index contributed by atoms with van der Waals surface area (Å²) in [5, 5.41) is 3.15. The number of hydrogen-bond acceptors (Lipinski definition) is 5. The van der Waals surface area contributed by atoms with E-state index in [4.69, 9.17) is 14.2 Å². The van der Waals surface area contributed by atoms with Gasteiger partial charge in [0.1, 0.15) is 0 Å². The molecule has 0 unspecified atom stereocenters. The summed E-state index contributed by atoms with van der Waals surface area (Å²) in [5.41, 5.74) is 2.16. The number of halogens is 1. The van der Waals surface area contributed by atoms with Gasteiger partial charge in [-0.2, -0.15) is 0 Å². The van der Waals surface area contributed by atoms with Gasteiger partial charge in [0.05, 0.1) is 19.2 Å². The van der Waals surface area contributed by atoms with Crippen LogP contribution in [0.25, 0.3) is 0 Å². The molecule has 0 atom stereocenters. The van der Waals surface area contributed by atoms with Crippen molar-refractivity contribution in [1.82, 2.24) is 5.32 Å². The van der Waals surface area contributed by atoms with Gasteiger partial charge < -0.3 is 19.5 Å². The number of carbonyl (C=O) groups is 1. The summed E-state index contributed by atoms with van der Waals surface area (Å²) in [5.74, 6) is 0.130. The van der Waals surface area contributed by atoms with Crippen LogP contribution in [0.15, 0.2) is 72.8 Å². The molecule has 0 aromatic heterocycles. The number of rotatable bonds is 7. The molecule has 162 valence electrons. The predicted octanol–water partition coefficient (Wildman–Crippen LogP) is 4.97. The molecule has 0 fully saturated rings. The number of fused-ring (bicyclic) bond motifs is 1. The molecule has 1 aliphatic heterocycles. The Morgan fingerprint density at radius 3 is 2.03 bits per heavy atom. The van der Waals surface area contributed by atoms with Crippen molar-refractivity contribution in [3.8, 4) is 17.2 Å². The van der Waals surface area contributed by atoms with E-state index in [0.29, 0.717) is 22.8 Å². The van der Waals surface area contributed by atoms with Gasteiger partial charge in [0.25, 0.3) is 0 Å². The number of benzene rings is 3. The van der Waals surface area contributed by atoms with Crippen LogP contribution in [0.3, 0.4) is 0 Å². The number of ketones is 1. The summed E-state index contributed by atoms with van der Waals surface area (Å²) in [6.07, 6.45) is 0. The summed E-state index contributed by atoms with van der Waals surface area (Å²) in [6.45, 7) is 4.21. The first-order valence-corrected chi connectivity index (χ1v) is 10.0. The minimum absolute atomic E-state index is 0. The van der Waals surface area contributed by atoms with E-state index >= 15 is 0 Å². The number of nitrogens with one attached hydrogen (secondary N) is 1. The van der Waals surface area contributed by atoms with Crippen LogP contribution < -0.4 is 19.5 Å². The highest BCUT2D eigenvalue weighted by atomic mass is 35.5. The second-order valence-corrected chi connectivity index (χ2v) is 7.49. The van der Waals surface area contributed by atoms with E-state index in [0.717, 1.165) is 11.1 Å². The zero-order valence-corrected chi connectivity index (χ0v) is 18.6. The van der Waals surface area contributed by atoms with Crippen LogP contribution in [0.5, 0.6) is 17.2 Å². The van der Waals surface area contributed by atoms with Crippen molar-refractivity contribution in [1.29, 1.82) is 0 Å². The van der Waals surface area contributed by atoms with E-state index in [1.54, 1.807) is 12.1 Å². The van der Waals surface area contributed by atoms with Crippen LogP contribution in [0.2, 0.25) is 0 Å². The lowest BCUT2D eigenvalue weighted by atomic mass is 9.97. The predicted molar refractivity (Wildman–Crippen MR) is 123 cm³/mol. The van der Waals surface area contributed by atoms with Crippen molar-refractivity contribution < 1.29 is 19.0 Å². The normalized spacial score (nSPS) is 13.5. The molecular weight excluding hydrogens is 414 g/mol. The number of Topliss-reactive ketones (excluding diaryl/α,β-unsaturated/α-hetero) is 1. The molecule has 0 aliphatic carbocycles. The largest absolute Gasteiger partial charge is 0.492 e. The number of ether oxygens (including phenoxy) is 3. The van der Waals surface area contributed by atoms with Crippen LogP contribution >= 0.6 is 12.4 Å². The van der Waals surface area contributed by atoms with Gasteiger partial charge in [-0.15, -0.1) is 12.4 Å². The van der Waals surface area contributed by atoms with E-state index in [9.17, 15) is 4.79 Å². The maximum Gasteiger partial charge on any atom is 0.305 e. The number of hydrogen-bond donors (Lipinski definition) is 1. The molecule has 1 heterocycles. The fourth-order valence-corrected chi connectivity index (χ4v) is 3.57. The Kier molecular flexibility index (Phi) is 6.88. The van der Waals surface area contributed by atoms with Crippen LogP contribution in [0.1, 0.15) is 35.3 Å². The van der Waals surface area contributed by atoms with Crippen molar-refractivity contribution in [2.45, 2.75) is 25.7 Å². The Hall–Kier alpha value is -3.02.